The Morgan fingerprint density at radius 1 is 1.24 bits per heavy atom. The number of anilines is 1. The molecule has 1 unspecified atom stereocenters. The predicted molar refractivity (Wildman–Crippen MR) is 103 cm³/mol. The third-order valence-corrected chi connectivity index (χ3v) is 6.66. The van der Waals surface area contributed by atoms with Crippen LogP contribution in [-0.4, -0.2) is 57.4 Å². The van der Waals surface area contributed by atoms with E-state index in [-0.39, 0.29) is 29.9 Å². The maximum atomic E-state index is 14.4. The van der Waals surface area contributed by atoms with E-state index in [4.69, 9.17) is 4.42 Å². The number of aliphatic hydroxyl groups excluding tert-OH is 1. The summed E-state index contributed by atoms with van der Waals surface area (Å²) < 4.78 is 19.9. The number of aromatic nitrogens is 2. The molecule has 3 aliphatic rings. The van der Waals surface area contributed by atoms with Crippen molar-refractivity contribution in [3.63, 3.8) is 0 Å². The van der Waals surface area contributed by atoms with Crippen LogP contribution in [-0.2, 0) is 11.2 Å². The first kappa shape index (κ1) is 18.5. The minimum atomic E-state index is -0.728. The lowest BCUT2D eigenvalue weighted by Crippen LogP contribution is -2.67. The molecule has 3 fully saturated rings. The lowest BCUT2D eigenvalue weighted by Gasteiger charge is -2.52. The minimum Gasteiger partial charge on any atom is -0.408 e. The number of amides is 1. The zero-order valence-corrected chi connectivity index (χ0v) is 16.4. The molecule has 3 aliphatic heterocycles. The Bertz CT molecular complexity index is 912. The van der Waals surface area contributed by atoms with Crippen molar-refractivity contribution in [2.45, 2.75) is 57.2 Å². The summed E-state index contributed by atoms with van der Waals surface area (Å²) in [5.74, 6) is 0.248. The molecule has 2 bridgehead atoms. The van der Waals surface area contributed by atoms with Crippen LogP contribution in [0.5, 0.6) is 0 Å². The number of carbonyl (C=O) groups excluding carboxylic acids is 1. The largest absolute Gasteiger partial charge is 0.408 e. The third kappa shape index (κ3) is 3.10. The first-order valence-electron chi connectivity index (χ1n) is 10.2. The van der Waals surface area contributed by atoms with E-state index in [1.807, 2.05) is 9.80 Å². The van der Waals surface area contributed by atoms with Gasteiger partial charge in [0, 0.05) is 32.1 Å². The van der Waals surface area contributed by atoms with Crippen LogP contribution in [0, 0.1) is 18.2 Å². The van der Waals surface area contributed by atoms with Crippen LogP contribution in [0.1, 0.15) is 37.1 Å². The lowest BCUT2D eigenvalue weighted by molar-refractivity contribution is -0.150. The maximum absolute atomic E-state index is 14.4. The van der Waals surface area contributed by atoms with Crippen LogP contribution in [0.3, 0.4) is 0 Å². The normalized spacial score (nSPS) is 27.8. The minimum absolute atomic E-state index is 0.0626. The van der Waals surface area contributed by atoms with Crippen LogP contribution in [0.15, 0.2) is 28.7 Å². The number of carbonyl (C=O) groups is 1. The highest BCUT2D eigenvalue weighted by Crippen LogP contribution is 2.44. The Morgan fingerprint density at radius 2 is 1.93 bits per heavy atom. The number of aryl methyl sites for hydroxylation is 1. The molecule has 5 rings (SSSR count). The summed E-state index contributed by atoms with van der Waals surface area (Å²) in [5.41, 5.74) is -0.181. The fourth-order valence-corrected chi connectivity index (χ4v) is 5.32. The van der Waals surface area contributed by atoms with Crippen molar-refractivity contribution in [3.05, 3.63) is 41.5 Å². The lowest BCUT2D eigenvalue weighted by atomic mass is 9.72. The zero-order valence-electron chi connectivity index (χ0n) is 16.4. The van der Waals surface area contributed by atoms with Gasteiger partial charge in [0.25, 0.3) is 0 Å². The summed E-state index contributed by atoms with van der Waals surface area (Å²) in [6, 6.07) is 7.20. The number of rotatable bonds is 4. The monoisotopic (exact) mass is 400 g/mol. The van der Waals surface area contributed by atoms with Crippen molar-refractivity contribution in [1.29, 1.82) is 0 Å². The van der Waals surface area contributed by atoms with Gasteiger partial charge in [0.2, 0.25) is 11.8 Å². The van der Waals surface area contributed by atoms with E-state index >= 15 is 0 Å². The molecule has 0 spiro atoms. The molecular formula is C21H25FN4O3. The molecule has 0 aliphatic carbocycles. The van der Waals surface area contributed by atoms with E-state index in [0.29, 0.717) is 49.8 Å². The number of fused-ring (bicyclic) bond motifs is 2. The van der Waals surface area contributed by atoms with Gasteiger partial charge in [0.1, 0.15) is 5.82 Å². The molecule has 4 heterocycles. The molecule has 29 heavy (non-hydrogen) atoms. The van der Waals surface area contributed by atoms with E-state index in [0.717, 1.165) is 12.8 Å². The maximum Gasteiger partial charge on any atom is 0.318 e. The molecule has 2 aromatic rings. The van der Waals surface area contributed by atoms with Gasteiger partial charge in [-0.25, -0.2) is 4.39 Å². The Balaban J connectivity index is 1.43. The van der Waals surface area contributed by atoms with Crippen LogP contribution in [0.4, 0.5) is 10.4 Å². The average Bonchev–Trinajstić information content (AvgIpc) is 3.20. The molecule has 3 atom stereocenters. The molecule has 0 radical (unpaired) electrons. The second-order valence-electron chi connectivity index (χ2n) is 8.73. The zero-order chi connectivity index (χ0) is 20.2. The highest BCUT2D eigenvalue weighted by molar-refractivity contribution is 5.87. The SMILES string of the molecule is Cc1nnc(N2CC(Cc3ccccc3F)(C(=O)N3[C@@H]4CC[C@H]3CC(O)C4)C2)o1. The molecule has 1 aromatic heterocycles. The third-order valence-electron chi connectivity index (χ3n) is 6.66. The topological polar surface area (TPSA) is 82.7 Å². The van der Waals surface area contributed by atoms with Crippen LogP contribution < -0.4 is 4.90 Å². The Hall–Kier alpha value is -2.48. The first-order valence-corrected chi connectivity index (χ1v) is 10.2. The van der Waals surface area contributed by atoms with Crippen molar-refractivity contribution < 1.29 is 18.7 Å². The first-order chi connectivity index (χ1) is 13.9. The molecule has 0 saturated carbocycles. The average molecular weight is 400 g/mol. The van der Waals surface area contributed by atoms with Gasteiger partial charge >= 0.3 is 6.01 Å². The van der Waals surface area contributed by atoms with E-state index in [1.165, 1.54) is 6.07 Å². The van der Waals surface area contributed by atoms with Crippen LogP contribution in [0.25, 0.3) is 0 Å². The second-order valence-corrected chi connectivity index (χ2v) is 8.73. The number of aliphatic hydroxyl groups is 1. The fourth-order valence-electron chi connectivity index (χ4n) is 5.32. The highest BCUT2D eigenvalue weighted by Gasteiger charge is 2.56. The number of hydrogen-bond acceptors (Lipinski definition) is 6. The highest BCUT2D eigenvalue weighted by atomic mass is 19.1. The van der Waals surface area contributed by atoms with Gasteiger partial charge in [-0.1, -0.05) is 23.3 Å². The fraction of sp³-hybridized carbons (Fsp3) is 0.571. The van der Waals surface area contributed by atoms with E-state index in [1.54, 1.807) is 25.1 Å². The molecule has 1 N–H and O–H groups in total. The Kier molecular flexibility index (Phi) is 4.34. The van der Waals surface area contributed by atoms with E-state index in [9.17, 15) is 14.3 Å². The number of nitrogens with zero attached hydrogens (tertiary/aromatic N) is 4. The summed E-state index contributed by atoms with van der Waals surface area (Å²) in [7, 11) is 0. The predicted octanol–water partition coefficient (Wildman–Crippen LogP) is 2.08. The van der Waals surface area contributed by atoms with Crippen molar-refractivity contribution in [2.24, 2.45) is 5.41 Å². The number of benzene rings is 1. The number of piperidine rings is 1. The summed E-state index contributed by atoms with van der Waals surface area (Å²) >= 11 is 0. The van der Waals surface area contributed by atoms with Gasteiger partial charge < -0.3 is 19.3 Å². The summed E-state index contributed by atoms with van der Waals surface area (Å²) in [6.45, 7) is 2.56. The van der Waals surface area contributed by atoms with Crippen molar-refractivity contribution in [2.75, 3.05) is 18.0 Å². The number of hydrogen-bond donors (Lipinski definition) is 1. The molecule has 7 nitrogen and oxygen atoms in total. The molecule has 1 aromatic carbocycles. The quantitative estimate of drug-likeness (QED) is 0.846. The van der Waals surface area contributed by atoms with Crippen molar-refractivity contribution >= 4 is 11.9 Å². The van der Waals surface area contributed by atoms with E-state index < -0.39 is 5.41 Å². The summed E-state index contributed by atoms with van der Waals surface area (Å²) in [4.78, 5) is 17.7. The molecule has 1 amide bonds. The molecule has 154 valence electrons. The van der Waals surface area contributed by atoms with Gasteiger partial charge in [-0.3, -0.25) is 4.79 Å². The molecule has 8 heteroatoms. The second kappa shape index (κ2) is 6.79. The van der Waals surface area contributed by atoms with Crippen molar-refractivity contribution in [3.8, 4) is 0 Å². The van der Waals surface area contributed by atoms with Crippen LogP contribution in [0.2, 0.25) is 0 Å². The van der Waals surface area contributed by atoms with E-state index in [2.05, 4.69) is 10.2 Å². The molecule has 3 saturated heterocycles. The van der Waals surface area contributed by atoms with Gasteiger partial charge in [-0.2, -0.15) is 0 Å². The van der Waals surface area contributed by atoms with Gasteiger partial charge in [-0.15, -0.1) is 5.10 Å². The standard InChI is InChI=1S/C21H25FN4O3/c1-13-23-24-20(29-13)25-11-21(12-25,10-14-4-2-3-5-18(14)22)19(28)26-15-6-7-16(26)9-17(27)8-15/h2-5,15-17,27H,6-12H2,1H3/t15-,16+,17?. The van der Waals surface area contributed by atoms with Crippen LogP contribution >= 0.6 is 0 Å². The Labute approximate surface area is 168 Å². The summed E-state index contributed by atoms with van der Waals surface area (Å²) in [6.07, 6.45) is 3.11. The number of halogens is 1. The van der Waals surface area contributed by atoms with Gasteiger partial charge in [-0.05, 0) is 43.7 Å². The van der Waals surface area contributed by atoms with Gasteiger partial charge in [0.05, 0.1) is 11.5 Å². The molecular weight excluding hydrogens is 375 g/mol. The van der Waals surface area contributed by atoms with Crippen molar-refractivity contribution in [1.82, 2.24) is 15.1 Å². The van der Waals surface area contributed by atoms with Gasteiger partial charge in [0.15, 0.2) is 0 Å². The Morgan fingerprint density at radius 3 is 2.55 bits per heavy atom. The smallest absolute Gasteiger partial charge is 0.318 e. The summed E-state index contributed by atoms with van der Waals surface area (Å²) in [5, 5.41) is 18.0.